The standard InChI is InChI=1S/C21H17ClIN3O4S/c1-14-2-12-19(13-3-14)31(29,30)26(18-10-4-15(22)5-11-18)21(28)25-20(27)24-17-8-6-16(23)7-9-17/h2-13H,1H3,(H2,24,25,27,28). The molecule has 3 aromatic rings. The number of hydrogen-bond donors (Lipinski definition) is 2. The van der Waals surface area contributed by atoms with Crippen molar-refractivity contribution in [3.63, 3.8) is 0 Å². The fraction of sp³-hybridized carbons (Fsp3) is 0.0476. The van der Waals surface area contributed by atoms with Gasteiger partial charge in [-0.15, -0.1) is 0 Å². The average molecular weight is 570 g/mol. The number of nitrogens with one attached hydrogen (secondary N) is 2. The third-order valence-corrected chi connectivity index (χ3v) is 6.82. The molecule has 0 atom stereocenters. The SMILES string of the molecule is Cc1ccc(S(=O)(=O)N(C(=O)NC(=O)Nc2ccc(I)cc2)c2ccc(Cl)cc2)cc1. The van der Waals surface area contributed by atoms with Crippen molar-refractivity contribution in [3.05, 3.63) is 87.0 Å². The second-order valence-electron chi connectivity index (χ2n) is 6.45. The third-order valence-electron chi connectivity index (χ3n) is 4.13. The van der Waals surface area contributed by atoms with Gasteiger partial charge in [-0.2, -0.15) is 4.31 Å². The Morgan fingerprint density at radius 3 is 2.06 bits per heavy atom. The van der Waals surface area contributed by atoms with E-state index in [0.717, 1.165) is 9.13 Å². The number of imide groups is 1. The number of benzene rings is 3. The predicted octanol–water partition coefficient (Wildman–Crippen LogP) is 5.39. The number of sulfonamides is 1. The zero-order chi connectivity index (χ0) is 22.6. The van der Waals surface area contributed by atoms with Crippen molar-refractivity contribution in [2.24, 2.45) is 0 Å². The van der Waals surface area contributed by atoms with E-state index in [9.17, 15) is 18.0 Å². The first-order valence-electron chi connectivity index (χ1n) is 8.92. The number of hydrogen-bond acceptors (Lipinski definition) is 4. The van der Waals surface area contributed by atoms with Gasteiger partial charge in [0, 0.05) is 14.3 Å². The van der Waals surface area contributed by atoms with Gasteiger partial charge in [0.2, 0.25) is 0 Å². The van der Waals surface area contributed by atoms with Crippen LogP contribution < -0.4 is 14.9 Å². The molecule has 3 rings (SSSR count). The molecule has 7 nitrogen and oxygen atoms in total. The number of rotatable bonds is 4. The largest absolute Gasteiger partial charge is 0.344 e. The molecule has 31 heavy (non-hydrogen) atoms. The van der Waals surface area contributed by atoms with E-state index in [1.165, 1.54) is 36.4 Å². The molecule has 0 bridgehead atoms. The minimum Gasteiger partial charge on any atom is -0.308 e. The Morgan fingerprint density at radius 2 is 1.48 bits per heavy atom. The Hall–Kier alpha value is -2.63. The van der Waals surface area contributed by atoms with Gasteiger partial charge in [-0.05, 0) is 90.2 Å². The number of anilines is 2. The monoisotopic (exact) mass is 569 g/mol. The van der Waals surface area contributed by atoms with Crippen molar-refractivity contribution in [1.82, 2.24) is 5.32 Å². The van der Waals surface area contributed by atoms with Crippen molar-refractivity contribution in [3.8, 4) is 0 Å². The summed E-state index contributed by atoms with van der Waals surface area (Å²) in [5, 5.41) is 4.93. The molecule has 3 aromatic carbocycles. The molecule has 0 saturated carbocycles. The van der Waals surface area contributed by atoms with Crippen LogP contribution in [-0.4, -0.2) is 20.5 Å². The van der Waals surface area contributed by atoms with E-state index in [1.807, 2.05) is 6.92 Å². The molecule has 0 unspecified atom stereocenters. The van der Waals surface area contributed by atoms with Crippen molar-refractivity contribution < 1.29 is 18.0 Å². The first-order valence-corrected chi connectivity index (χ1v) is 11.8. The summed E-state index contributed by atoms with van der Waals surface area (Å²) in [6.45, 7) is 1.81. The van der Waals surface area contributed by atoms with Crippen LogP contribution in [0.5, 0.6) is 0 Å². The number of halogens is 2. The van der Waals surface area contributed by atoms with E-state index in [2.05, 4.69) is 33.2 Å². The maximum absolute atomic E-state index is 13.2. The van der Waals surface area contributed by atoms with Gasteiger partial charge in [0.25, 0.3) is 10.0 Å². The highest BCUT2D eigenvalue weighted by molar-refractivity contribution is 14.1. The molecule has 10 heteroatoms. The summed E-state index contributed by atoms with van der Waals surface area (Å²) in [6.07, 6.45) is 0. The lowest BCUT2D eigenvalue weighted by Crippen LogP contribution is -2.47. The first-order chi connectivity index (χ1) is 14.7. The lowest BCUT2D eigenvalue weighted by atomic mass is 10.2. The van der Waals surface area contributed by atoms with Gasteiger partial charge >= 0.3 is 12.1 Å². The highest BCUT2D eigenvalue weighted by atomic mass is 127. The second kappa shape index (κ2) is 9.67. The Morgan fingerprint density at radius 1 is 0.903 bits per heavy atom. The minimum atomic E-state index is -4.31. The summed E-state index contributed by atoms with van der Waals surface area (Å²) in [5.41, 5.74) is 1.34. The van der Waals surface area contributed by atoms with E-state index in [-0.39, 0.29) is 10.6 Å². The van der Waals surface area contributed by atoms with Crippen LogP contribution in [0, 0.1) is 10.5 Å². The normalized spacial score (nSPS) is 10.9. The van der Waals surface area contributed by atoms with Crippen LogP contribution in [0.1, 0.15) is 5.56 Å². The topological polar surface area (TPSA) is 95.6 Å². The second-order valence-corrected chi connectivity index (χ2v) is 9.92. The van der Waals surface area contributed by atoms with E-state index in [0.29, 0.717) is 15.0 Å². The summed E-state index contributed by atoms with van der Waals surface area (Å²) in [6, 6.07) is 16.6. The van der Waals surface area contributed by atoms with Crippen LogP contribution in [0.4, 0.5) is 21.0 Å². The number of amides is 4. The van der Waals surface area contributed by atoms with Gasteiger partial charge in [0.05, 0.1) is 10.6 Å². The molecule has 0 aliphatic rings. The molecule has 0 radical (unpaired) electrons. The Bertz CT molecular complexity index is 1200. The van der Waals surface area contributed by atoms with Crippen molar-refractivity contribution in [2.45, 2.75) is 11.8 Å². The summed E-state index contributed by atoms with van der Waals surface area (Å²) in [4.78, 5) is 25.1. The third kappa shape index (κ3) is 5.75. The molecule has 2 N–H and O–H groups in total. The van der Waals surface area contributed by atoms with Crippen LogP contribution in [0.15, 0.2) is 77.7 Å². The first kappa shape index (κ1) is 23.0. The van der Waals surface area contributed by atoms with Gasteiger partial charge in [-0.1, -0.05) is 29.3 Å². The van der Waals surface area contributed by atoms with Gasteiger partial charge in [-0.3, -0.25) is 5.32 Å². The summed E-state index contributed by atoms with van der Waals surface area (Å²) < 4.78 is 28.0. The van der Waals surface area contributed by atoms with Crippen LogP contribution in [0.2, 0.25) is 5.02 Å². The summed E-state index contributed by atoms with van der Waals surface area (Å²) in [5.74, 6) is 0. The van der Waals surface area contributed by atoms with E-state index >= 15 is 0 Å². The maximum atomic E-state index is 13.2. The van der Waals surface area contributed by atoms with Crippen molar-refractivity contribution in [2.75, 3.05) is 9.62 Å². The summed E-state index contributed by atoms with van der Waals surface area (Å²) in [7, 11) is -4.31. The van der Waals surface area contributed by atoms with Gasteiger partial charge in [-0.25, -0.2) is 18.0 Å². The lowest BCUT2D eigenvalue weighted by Gasteiger charge is -2.23. The number of nitrogens with zero attached hydrogens (tertiary/aromatic N) is 1. The van der Waals surface area contributed by atoms with E-state index in [4.69, 9.17) is 11.6 Å². The van der Waals surface area contributed by atoms with Gasteiger partial charge in [0.1, 0.15) is 0 Å². The number of carbonyl (C=O) groups is 2. The molecule has 0 aliphatic heterocycles. The zero-order valence-corrected chi connectivity index (χ0v) is 19.9. The summed E-state index contributed by atoms with van der Waals surface area (Å²) >= 11 is 8.02. The highest BCUT2D eigenvalue weighted by Crippen LogP contribution is 2.26. The Labute approximate surface area is 198 Å². The molecular formula is C21H17ClIN3O4S. The fourth-order valence-corrected chi connectivity index (χ4v) is 4.44. The molecular weight excluding hydrogens is 553 g/mol. The van der Waals surface area contributed by atoms with E-state index in [1.54, 1.807) is 36.4 Å². The molecule has 0 spiro atoms. The molecule has 4 amide bonds. The molecule has 0 heterocycles. The molecule has 0 aliphatic carbocycles. The van der Waals surface area contributed by atoms with Gasteiger partial charge in [0.15, 0.2) is 0 Å². The van der Waals surface area contributed by atoms with Gasteiger partial charge < -0.3 is 5.32 Å². The van der Waals surface area contributed by atoms with E-state index < -0.39 is 22.1 Å². The average Bonchev–Trinajstić information content (AvgIpc) is 2.71. The maximum Gasteiger partial charge on any atom is 0.344 e. The molecule has 0 fully saturated rings. The number of urea groups is 2. The van der Waals surface area contributed by atoms with Crippen molar-refractivity contribution >= 4 is 67.7 Å². The Kier molecular flexibility index (Phi) is 7.19. The van der Waals surface area contributed by atoms with Crippen molar-refractivity contribution in [1.29, 1.82) is 0 Å². The fourth-order valence-electron chi connectivity index (χ4n) is 2.60. The lowest BCUT2D eigenvalue weighted by molar-refractivity contribution is 0.238. The predicted molar refractivity (Wildman–Crippen MR) is 129 cm³/mol. The van der Waals surface area contributed by atoms with Crippen LogP contribution in [0.25, 0.3) is 0 Å². The molecule has 0 saturated heterocycles. The Balaban J connectivity index is 1.91. The zero-order valence-electron chi connectivity index (χ0n) is 16.2. The highest BCUT2D eigenvalue weighted by Gasteiger charge is 2.32. The number of carbonyl (C=O) groups excluding carboxylic acids is 2. The van der Waals surface area contributed by atoms with Crippen LogP contribution >= 0.6 is 34.2 Å². The van der Waals surface area contributed by atoms with Crippen LogP contribution in [0.3, 0.4) is 0 Å². The quantitative estimate of drug-likeness (QED) is 0.412. The number of aryl methyl sites for hydroxylation is 1. The van der Waals surface area contributed by atoms with Crippen LogP contribution in [-0.2, 0) is 10.0 Å². The molecule has 0 aromatic heterocycles. The smallest absolute Gasteiger partial charge is 0.308 e. The minimum absolute atomic E-state index is 0.0320. The molecule has 160 valence electrons.